The molecule has 1 N–H and O–H groups in total. The minimum Gasteiger partial charge on any atom is -0.439 e. The second-order valence-corrected chi connectivity index (χ2v) is 2.77. The summed E-state index contributed by atoms with van der Waals surface area (Å²) in [6.07, 6.45) is 3.62. The molecule has 2 aromatic heterocycles. The van der Waals surface area contributed by atoms with Crippen LogP contribution in [0.3, 0.4) is 0 Å². The molecule has 0 aliphatic carbocycles. The fraction of sp³-hybridized carbons (Fsp3) is 0.111. The molecule has 6 heteroatoms. The van der Waals surface area contributed by atoms with E-state index >= 15 is 0 Å². The van der Waals surface area contributed by atoms with Crippen molar-refractivity contribution in [3.05, 3.63) is 24.4 Å². The summed E-state index contributed by atoms with van der Waals surface area (Å²) in [5, 5.41) is 2.36. The molecule has 0 fully saturated rings. The minimum absolute atomic E-state index is 0.233. The molecule has 0 saturated heterocycles. The zero-order valence-corrected chi connectivity index (χ0v) is 7.97. The van der Waals surface area contributed by atoms with Gasteiger partial charge in [-0.05, 0) is 6.07 Å². The van der Waals surface area contributed by atoms with E-state index in [2.05, 4.69) is 20.3 Å². The first kappa shape index (κ1) is 9.32. The summed E-state index contributed by atoms with van der Waals surface area (Å²) in [6, 6.07) is 1.68. The molecule has 2 aromatic rings. The first-order chi connectivity index (χ1) is 7.29. The van der Waals surface area contributed by atoms with Gasteiger partial charge in [-0.25, -0.2) is 15.0 Å². The lowest BCUT2D eigenvalue weighted by Crippen LogP contribution is -1.99. The predicted molar refractivity (Wildman–Crippen MR) is 52.0 cm³/mol. The van der Waals surface area contributed by atoms with Crippen LogP contribution in [0.1, 0.15) is 5.89 Å². The van der Waals surface area contributed by atoms with E-state index in [1.54, 1.807) is 19.2 Å². The first-order valence-corrected chi connectivity index (χ1v) is 4.25. The molecule has 0 aliphatic rings. The van der Waals surface area contributed by atoms with Crippen LogP contribution < -0.4 is 5.32 Å². The summed E-state index contributed by atoms with van der Waals surface area (Å²) in [5.41, 5.74) is 0.579. The largest absolute Gasteiger partial charge is 0.439 e. The maximum atomic E-state index is 10.2. The predicted octanol–water partition coefficient (Wildman–Crippen LogP) is 1.01. The summed E-state index contributed by atoms with van der Waals surface area (Å²) in [4.78, 5) is 22.1. The Morgan fingerprint density at radius 1 is 1.47 bits per heavy atom. The van der Waals surface area contributed by atoms with Gasteiger partial charge in [-0.1, -0.05) is 0 Å². The van der Waals surface area contributed by atoms with Crippen LogP contribution in [-0.2, 0) is 4.79 Å². The highest BCUT2D eigenvalue weighted by molar-refractivity contribution is 5.67. The lowest BCUT2D eigenvalue weighted by atomic mass is 10.3. The standard InChI is InChI=1S/C9H8N4O2/c1-6-11-4-8(15-6)7-2-3-10-9(13-7)12-5-14/h2-5H,1H3,(H,10,12,13,14). The van der Waals surface area contributed by atoms with Crippen molar-refractivity contribution in [2.24, 2.45) is 0 Å². The van der Waals surface area contributed by atoms with Crippen molar-refractivity contribution >= 4 is 12.4 Å². The van der Waals surface area contributed by atoms with Crippen LogP contribution in [0, 0.1) is 6.92 Å². The molecule has 0 aromatic carbocycles. The molecule has 0 unspecified atom stereocenters. The zero-order valence-electron chi connectivity index (χ0n) is 7.97. The van der Waals surface area contributed by atoms with Crippen molar-refractivity contribution in [1.29, 1.82) is 0 Å². The Balaban J connectivity index is 2.36. The molecule has 0 spiro atoms. The number of anilines is 1. The summed E-state index contributed by atoms with van der Waals surface area (Å²) in [7, 11) is 0. The van der Waals surface area contributed by atoms with Crippen LogP contribution in [0.5, 0.6) is 0 Å². The number of aryl methyl sites for hydroxylation is 1. The third-order valence-electron chi connectivity index (χ3n) is 1.72. The molecule has 2 heterocycles. The van der Waals surface area contributed by atoms with Crippen LogP contribution in [0.4, 0.5) is 5.95 Å². The highest BCUT2D eigenvalue weighted by Gasteiger charge is 2.06. The van der Waals surface area contributed by atoms with Crippen molar-refractivity contribution in [3.63, 3.8) is 0 Å². The Labute approximate surface area is 85.4 Å². The monoisotopic (exact) mass is 204 g/mol. The van der Waals surface area contributed by atoms with E-state index in [4.69, 9.17) is 4.42 Å². The van der Waals surface area contributed by atoms with Crippen molar-refractivity contribution in [2.75, 3.05) is 5.32 Å². The summed E-state index contributed by atoms with van der Waals surface area (Å²) in [5.74, 6) is 1.34. The number of hydrogen-bond acceptors (Lipinski definition) is 5. The molecule has 0 radical (unpaired) electrons. The van der Waals surface area contributed by atoms with Crippen molar-refractivity contribution in [1.82, 2.24) is 15.0 Å². The minimum atomic E-state index is 0.233. The average molecular weight is 204 g/mol. The number of nitrogens with zero attached hydrogens (tertiary/aromatic N) is 3. The molecular weight excluding hydrogens is 196 g/mol. The van der Waals surface area contributed by atoms with Gasteiger partial charge in [0.1, 0.15) is 5.69 Å². The van der Waals surface area contributed by atoms with E-state index in [-0.39, 0.29) is 5.95 Å². The van der Waals surface area contributed by atoms with Crippen molar-refractivity contribution in [3.8, 4) is 11.5 Å². The quantitative estimate of drug-likeness (QED) is 0.754. The number of hydrogen-bond donors (Lipinski definition) is 1. The number of oxazole rings is 1. The fourth-order valence-corrected chi connectivity index (χ4v) is 1.10. The lowest BCUT2D eigenvalue weighted by molar-refractivity contribution is -0.105. The lowest BCUT2D eigenvalue weighted by Gasteiger charge is -1.98. The Hall–Kier alpha value is -2.24. The molecule has 15 heavy (non-hydrogen) atoms. The second-order valence-electron chi connectivity index (χ2n) is 2.77. The van der Waals surface area contributed by atoms with E-state index in [1.165, 1.54) is 6.20 Å². The van der Waals surface area contributed by atoms with Gasteiger partial charge in [0.2, 0.25) is 12.4 Å². The van der Waals surface area contributed by atoms with E-state index in [1.807, 2.05) is 0 Å². The summed E-state index contributed by atoms with van der Waals surface area (Å²) < 4.78 is 5.29. The topological polar surface area (TPSA) is 80.9 Å². The van der Waals surface area contributed by atoms with E-state index in [0.717, 1.165) is 0 Å². The van der Waals surface area contributed by atoms with E-state index in [9.17, 15) is 4.79 Å². The number of nitrogens with one attached hydrogen (secondary N) is 1. The van der Waals surface area contributed by atoms with Gasteiger partial charge in [0.15, 0.2) is 11.7 Å². The van der Waals surface area contributed by atoms with Gasteiger partial charge < -0.3 is 4.42 Å². The molecule has 6 nitrogen and oxygen atoms in total. The Morgan fingerprint density at radius 2 is 2.33 bits per heavy atom. The number of carbonyl (C=O) groups excluding carboxylic acids is 1. The molecule has 0 aliphatic heterocycles. The second kappa shape index (κ2) is 3.87. The van der Waals surface area contributed by atoms with Gasteiger partial charge in [0, 0.05) is 13.1 Å². The average Bonchev–Trinajstić information content (AvgIpc) is 2.66. The zero-order chi connectivity index (χ0) is 10.7. The maximum Gasteiger partial charge on any atom is 0.229 e. The van der Waals surface area contributed by atoms with E-state index < -0.39 is 0 Å². The molecule has 2 rings (SSSR count). The Bertz CT molecular complexity index is 480. The molecule has 76 valence electrons. The number of aromatic nitrogens is 3. The number of carbonyl (C=O) groups is 1. The molecular formula is C9H8N4O2. The SMILES string of the molecule is Cc1ncc(-c2ccnc(NC=O)n2)o1. The van der Waals surface area contributed by atoms with Gasteiger partial charge in [-0.2, -0.15) is 0 Å². The molecule has 0 bridgehead atoms. The Morgan fingerprint density at radius 3 is 3.00 bits per heavy atom. The van der Waals surface area contributed by atoms with Gasteiger partial charge in [-0.15, -0.1) is 0 Å². The van der Waals surface area contributed by atoms with Gasteiger partial charge in [-0.3, -0.25) is 10.1 Å². The fourth-order valence-electron chi connectivity index (χ4n) is 1.10. The summed E-state index contributed by atoms with van der Waals surface area (Å²) in [6.45, 7) is 1.75. The highest BCUT2D eigenvalue weighted by Crippen LogP contribution is 2.17. The van der Waals surface area contributed by atoms with Gasteiger partial charge >= 0.3 is 0 Å². The van der Waals surface area contributed by atoms with Crippen molar-refractivity contribution in [2.45, 2.75) is 6.92 Å². The Kier molecular flexibility index (Phi) is 2.40. The van der Waals surface area contributed by atoms with Crippen molar-refractivity contribution < 1.29 is 9.21 Å². The van der Waals surface area contributed by atoms with Crippen LogP contribution in [0.2, 0.25) is 0 Å². The molecule has 1 amide bonds. The van der Waals surface area contributed by atoms with Gasteiger partial charge in [0.05, 0.1) is 6.20 Å². The molecule has 0 saturated carbocycles. The van der Waals surface area contributed by atoms with Crippen LogP contribution >= 0.6 is 0 Å². The summed E-state index contributed by atoms with van der Waals surface area (Å²) >= 11 is 0. The van der Waals surface area contributed by atoms with E-state index in [0.29, 0.717) is 23.8 Å². The third kappa shape index (κ3) is 1.98. The smallest absolute Gasteiger partial charge is 0.229 e. The maximum absolute atomic E-state index is 10.2. The first-order valence-electron chi connectivity index (χ1n) is 4.25. The van der Waals surface area contributed by atoms with Crippen LogP contribution in [0.15, 0.2) is 22.9 Å². The van der Waals surface area contributed by atoms with Crippen LogP contribution in [0.25, 0.3) is 11.5 Å². The van der Waals surface area contributed by atoms with Crippen LogP contribution in [-0.4, -0.2) is 21.4 Å². The molecule has 0 atom stereocenters. The number of amides is 1. The normalized spacial score (nSPS) is 9.93. The third-order valence-corrected chi connectivity index (χ3v) is 1.72. The van der Waals surface area contributed by atoms with Gasteiger partial charge in [0.25, 0.3) is 0 Å². The number of rotatable bonds is 3. The highest BCUT2D eigenvalue weighted by atomic mass is 16.4.